The van der Waals surface area contributed by atoms with Gasteiger partial charge in [-0.15, -0.1) is 0 Å². The van der Waals surface area contributed by atoms with E-state index in [0.29, 0.717) is 0 Å². The van der Waals surface area contributed by atoms with Crippen molar-refractivity contribution in [2.75, 3.05) is 4.90 Å². The first-order valence-electron chi connectivity index (χ1n) is 19.8. The Balaban J connectivity index is 0.985. The van der Waals surface area contributed by atoms with Crippen LogP contribution in [0.15, 0.2) is 182 Å². The van der Waals surface area contributed by atoms with Crippen LogP contribution in [0.5, 0.6) is 0 Å². The van der Waals surface area contributed by atoms with Crippen molar-refractivity contribution < 1.29 is 0 Å². The lowest BCUT2D eigenvalue weighted by atomic mass is 9.81. The van der Waals surface area contributed by atoms with Crippen molar-refractivity contribution >= 4 is 17.1 Å². The molecule has 0 unspecified atom stereocenters. The third kappa shape index (κ3) is 5.45. The molecule has 1 heteroatoms. The minimum Gasteiger partial charge on any atom is -0.310 e. The Bertz CT molecular complexity index is 2770. The Kier molecular flexibility index (Phi) is 7.80. The number of hydrogen-bond acceptors (Lipinski definition) is 1. The van der Waals surface area contributed by atoms with Gasteiger partial charge in [0, 0.05) is 27.9 Å². The average molecular weight is 720 g/mol. The lowest BCUT2D eigenvalue weighted by Crippen LogP contribution is -2.18. The Morgan fingerprint density at radius 3 is 1.23 bits per heavy atom. The molecule has 0 saturated carbocycles. The fourth-order valence-corrected chi connectivity index (χ4v) is 9.36. The monoisotopic (exact) mass is 719 g/mol. The van der Waals surface area contributed by atoms with Crippen molar-refractivity contribution in [3.63, 3.8) is 0 Å². The van der Waals surface area contributed by atoms with Crippen LogP contribution in [0.1, 0.15) is 55.5 Å². The van der Waals surface area contributed by atoms with Gasteiger partial charge in [0.25, 0.3) is 0 Å². The van der Waals surface area contributed by atoms with E-state index >= 15 is 0 Å². The van der Waals surface area contributed by atoms with E-state index in [-0.39, 0.29) is 10.8 Å². The first kappa shape index (κ1) is 34.1. The lowest BCUT2D eigenvalue weighted by molar-refractivity contribution is 0.660. The molecule has 0 N–H and O–H groups in total. The quantitative estimate of drug-likeness (QED) is 0.165. The Labute approximate surface area is 331 Å². The van der Waals surface area contributed by atoms with E-state index in [0.717, 1.165) is 5.69 Å². The van der Waals surface area contributed by atoms with Gasteiger partial charge < -0.3 is 4.90 Å². The van der Waals surface area contributed by atoms with Crippen LogP contribution in [0.4, 0.5) is 17.1 Å². The summed E-state index contributed by atoms with van der Waals surface area (Å²) in [5.74, 6) is 0. The van der Waals surface area contributed by atoms with Crippen LogP contribution < -0.4 is 4.90 Å². The Morgan fingerprint density at radius 1 is 0.304 bits per heavy atom. The summed E-state index contributed by atoms with van der Waals surface area (Å²) in [5, 5.41) is 0. The smallest absolute Gasteiger partial charge is 0.0465 e. The number of fused-ring (bicyclic) bond motifs is 6. The molecule has 0 atom stereocenters. The molecule has 0 aromatic heterocycles. The van der Waals surface area contributed by atoms with Crippen molar-refractivity contribution in [3.05, 3.63) is 210 Å². The zero-order valence-electron chi connectivity index (χ0n) is 32.8. The highest BCUT2D eigenvalue weighted by molar-refractivity contribution is 5.89. The number of nitrogens with zero attached hydrogens (tertiary/aromatic N) is 1. The van der Waals surface area contributed by atoms with E-state index in [9.17, 15) is 0 Å². The largest absolute Gasteiger partial charge is 0.310 e. The molecule has 2 aliphatic rings. The molecule has 8 aromatic carbocycles. The number of benzene rings is 8. The summed E-state index contributed by atoms with van der Waals surface area (Å²) < 4.78 is 0. The number of rotatable bonds is 6. The van der Waals surface area contributed by atoms with E-state index in [1.807, 2.05) is 0 Å². The molecule has 0 bridgehead atoms. The standard InChI is InChI=1S/C55H45N/c1-36-15-26-43(27-16-36)56(44-28-31-48-46-13-9-10-14-50(46)54(2,3)52(48)34-44)45-29-32-49-47-30-25-42(33-51(47)55(4,5)53(49)35-45)41-23-21-40(22-24-41)39-19-17-38(18-20-39)37-11-7-6-8-12-37/h6-35H,1-5H3. The van der Waals surface area contributed by atoms with Crippen LogP contribution in [-0.4, -0.2) is 0 Å². The molecule has 2 aliphatic carbocycles. The lowest BCUT2D eigenvalue weighted by Gasteiger charge is -2.30. The van der Waals surface area contributed by atoms with Crippen LogP contribution in [0.3, 0.4) is 0 Å². The molecule has 1 nitrogen and oxygen atoms in total. The molecule has 0 fully saturated rings. The van der Waals surface area contributed by atoms with E-state index in [1.54, 1.807) is 0 Å². The second-order valence-electron chi connectivity index (χ2n) is 16.7. The van der Waals surface area contributed by atoms with Gasteiger partial charge in [-0.25, -0.2) is 0 Å². The zero-order chi connectivity index (χ0) is 38.2. The molecule has 0 heterocycles. The van der Waals surface area contributed by atoms with Crippen LogP contribution in [0.25, 0.3) is 55.6 Å². The van der Waals surface area contributed by atoms with Gasteiger partial charge in [-0.1, -0.05) is 173 Å². The molecule has 0 saturated heterocycles. The van der Waals surface area contributed by atoms with Crippen molar-refractivity contribution in [2.45, 2.75) is 45.4 Å². The fourth-order valence-electron chi connectivity index (χ4n) is 9.36. The minimum atomic E-state index is -0.169. The molecule has 10 rings (SSSR count). The maximum absolute atomic E-state index is 2.44. The highest BCUT2D eigenvalue weighted by Gasteiger charge is 2.38. The third-order valence-electron chi connectivity index (χ3n) is 12.6. The summed E-state index contributed by atoms with van der Waals surface area (Å²) in [6.07, 6.45) is 0. The molecular weight excluding hydrogens is 675 g/mol. The maximum atomic E-state index is 2.44. The van der Waals surface area contributed by atoms with Gasteiger partial charge in [0.1, 0.15) is 0 Å². The summed E-state index contributed by atoms with van der Waals surface area (Å²) in [7, 11) is 0. The van der Waals surface area contributed by atoms with Crippen LogP contribution in [0, 0.1) is 6.92 Å². The molecule has 56 heavy (non-hydrogen) atoms. The summed E-state index contributed by atoms with van der Waals surface area (Å²) >= 11 is 0. The first-order chi connectivity index (χ1) is 27.2. The topological polar surface area (TPSA) is 3.24 Å². The van der Waals surface area contributed by atoms with Gasteiger partial charge in [-0.3, -0.25) is 0 Å². The van der Waals surface area contributed by atoms with E-state index in [4.69, 9.17) is 0 Å². The number of aryl methyl sites for hydroxylation is 1. The SMILES string of the molecule is Cc1ccc(N(c2ccc3c(c2)C(C)(C)c2ccccc2-3)c2ccc3c(c2)C(C)(C)c2cc(-c4ccc(-c5ccc(-c6ccccc6)cc5)cc4)ccc2-3)cc1. The normalized spacial score (nSPS) is 14.1. The molecule has 0 aliphatic heterocycles. The van der Waals surface area contributed by atoms with Gasteiger partial charge in [0.2, 0.25) is 0 Å². The molecule has 0 radical (unpaired) electrons. The van der Waals surface area contributed by atoms with Gasteiger partial charge in [0.15, 0.2) is 0 Å². The predicted molar refractivity (Wildman–Crippen MR) is 237 cm³/mol. The minimum absolute atomic E-state index is 0.0748. The van der Waals surface area contributed by atoms with Gasteiger partial charge in [0.05, 0.1) is 0 Å². The van der Waals surface area contributed by atoms with Gasteiger partial charge in [-0.05, 0) is 127 Å². The summed E-state index contributed by atoms with van der Waals surface area (Å²) in [4.78, 5) is 2.44. The maximum Gasteiger partial charge on any atom is 0.0465 e. The molecule has 0 amide bonds. The average Bonchev–Trinajstić information content (AvgIpc) is 3.60. The predicted octanol–water partition coefficient (Wildman–Crippen LogP) is 15.1. The van der Waals surface area contributed by atoms with Crippen LogP contribution in [0.2, 0.25) is 0 Å². The van der Waals surface area contributed by atoms with Crippen molar-refractivity contribution in [3.8, 4) is 55.6 Å². The zero-order valence-corrected chi connectivity index (χ0v) is 32.8. The van der Waals surface area contributed by atoms with Crippen LogP contribution in [-0.2, 0) is 10.8 Å². The molecule has 270 valence electrons. The van der Waals surface area contributed by atoms with E-state index in [1.165, 1.54) is 94.8 Å². The van der Waals surface area contributed by atoms with E-state index in [2.05, 4.69) is 222 Å². The van der Waals surface area contributed by atoms with Crippen LogP contribution >= 0.6 is 0 Å². The molecule has 8 aromatic rings. The second-order valence-corrected chi connectivity index (χ2v) is 16.7. The summed E-state index contributed by atoms with van der Waals surface area (Å²) in [6, 6.07) is 67.6. The first-order valence-corrected chi connectivity index (χ1v) is 19.8. The molecule has 0 spiro atoms. The number of anilines is 3. The Hall–Kier alpha value is -6.44. The van der Waals surface area contributed by atoms with Crippen molar-refractivity contribution in [1.82, 2.24) is 0 Å². The van der Waals surface area contributed by atoms with Gasteiger partial charge >= 0.3 is 0 Å². The van der Waals surface area contributed by atoms with E-state index < -0.39 is 0 Å². The highest BCUT2D eigenvalue weighted by atomic mass is 15.1. The second kappa shape index (κ2) is 12.8. The summed E-state index contributed by atoms with van der Waals surface area (Å²) in [6.45, 7) is 11.7. The van der Waals surface area contributed by atoms with Crippen molar-refractivity contribution in [1.29, 1.82) is 0 Å². The summed E-state index contributed by atoms with van der Waals surface area (Å²) in [5.41, 5.74) is 22.8. The number of hydrogen-bond donors (Lipinski definition) is 0. The van der Waals surface area contributed by atoms with Gasteiger partial charge in [-0.2, -0.15) is 0 Å². The van der Waals surface area contributed by atoms with Crippen molar-refractivity contribution in [2.24, 2.45) is 0 Å². The fraction of sp³-hybridized carbons (Fsp3) is 0.127. The third-order valence-corrected chi connectivity index (χ3v) is 12.6. The highest BCUT2D eigenvalue weighted by Crippen LogP contribution is 2.53. The molecular formula is C55H45N. The Morgan fingerprint density at radius 2 is 0.679 bits per heavy atom.